The van der Waals surface area contributed by atoms with Gasteiger partial charge in [-0.05, 0) is 20.8 Å². The summed E-state index contributed by atoms with van der Waals surface area (Å²) in [7, 11) is 0. The minimum absolute atomic E-state index is 0.0754. The fraction of sp³-hybridized carbons (Fsp3) is 0.444. The standard InChI is InChI=1S/C9H14N4/c1-9(2,3)13-7-8-6-10-4-5-12(8)11-13/h4-7,11H,1-3H3. The molecule has 2 aliphatic rings. The number of nitrogens with zero attached hydrogens (tertiary/aromatic N) is 3. The van der Waals surface area contributed by atoms with E-state index in [-0.39, 0.29) is 5.54 Å². The summed E-state index contributed by atoms with van der Waals surface area (Å²) in [6.45, 7) is 6.45. The monoisotopic (exact) mass is 178 g/mol. The van der Waals surface area contributed by atoms with Crippen molar-refractivity contribution in [2.75, 3.05) is 0 Å². The summed E-state index contributed by atoms with van der Waals surface area (Å²) in [6, 6.07) is 0. The van der Waals surface area contributed by atoms with E-state index >= 15 is 0 Å². The number of nitrogens with one attached hydrogen (secondary N) is 1. The molecule has 2 rings (SSSR count). The second-order valence-corrected chi connectivity index (χ2v) is 4.14. The van der Waals surface area contributed by atoms with Gasteiger partial charge >= 0.3 is 0 Å². The average molecular weight is 178 g/mol. The number of hydrogen-bond acceptors (Lipinski definition) is 4. The smallest absolute Gasteiger partial charge is 0.0946 e. The van der Waals surface area contributed by atoms with Gasteiger partial charge in [-0.2, -0.15) is 0 Å². The first-order valence-corrected chi connectivity index (χ1v) is 4.34. The molecular formula is C9H14N4. The van der Waals surface area contributed by atoms with Gasteiger partial charge in [0.25, 0.3) is 0 Å². The molecule has 0 bridgehead atoms. The van der Waals surface area contributed by atoms with Crippen molar-refractivity contribution in [3.05, 3.63) is 24.3 Å². The summed E-state index contributed by atoms with van der Waals surface area (Å²) in [5, 5.41) is 4.00. The zero-order valence-electron chi connectivity index (χ0n) is 8.15. The van der Waals surface area contributed by atoms with Crippen molar-refractivity contribution in [1.29, 1.82) is 0 Å². The Kier molecular flexibility index (Phi) is 1.66. The molecule has 0 unspecified atom stereocenters. The number of aliphatic imine (C=N–C) groups is 1. The van der Waals surface area contributed by atoms with Gasteiger partial charge in [0.05, 0.1) is 11.9 Å². The lowest BCUT2D eigenvalue weighted by atomic mass is 10.1. The lowest BCUT2D eigenvalue weighted by molar-refractivity contribution is 0.0839. The van der Waals surface area contributed by atoms with E-state index in [2.05, 4.69) is 36.3 Å². The Bertz CT molecular complexity index is 295. The van der Waals surface area contributed by atoms with Crippen molar-refractivity contribution in [3.8, 4) is 0 Å². The molecule has 0 aliphatic carbocycles. The summed E-state index contributed by atoms with van der Waals surface area (Å²) in [5.74, 6) is 0. The molecule has 2 aliphatic heterocycles. The molecule has 4 heteroatoms. The normalized spacial score (nSPS) is 20.7. The minimum atomic E-state index is 0.0754. The Balaban J connectivity index is 2.21. The van der Waals surface area contributed by atoms with Crippen molar-refractivity contribution in [1.82, 2.24) is 15.6 Å². The summed E-state index contributed by atoms with van der Waals surface area (Å²) in [4.78, 5) is 4.05. The first-order chi connectivity index (χ1) is 6.07. The van der Waals surface area contributed by atoms with Crippen LogP contribution in [0.2, 0.25) is 0 Å². The van der Waals surface area contributed by atoms with E-state index in [4.69, 9.17) is 0 Å². The van der Waals surface area contributed by atoms with Gasteiger partial charge in [0.2, 0.25) is 0 Å². The zero-order chi connectivity index (χ0) is 9.47. The van der Waals surface area contributed by atoms with Gasteiger partial charge in [-0.3, -0.25) is 15.0 Å². The third-order valence-electron chi connectivity index (χ3n) is 1.99. The molecule has 0 fully saturated rings. The molecule has 0 saturated carbocycles. The van der Waals surface area contributed by atoms with Crippen LogP contribution in [0.4, 0.5) is 0 Å². The number of hydrazine groups is 2. The molecule has 0 spiro atoms. The molecule has 0 amide bonds. The molecule has 4 nitrogen and oxygen atoms in total. The molecule has 2 heterocycles. The van der Waals surface area contributed by atoms with E-state index < -0.39 is 0 Å². The van der Waals surface area contributed by atoms with Crippen molar-refractivity contribution < 1.29 is 0 Å². The average Bonchev–Trinajstić information content (AvgIpc) is 2.45. The largest absolute Gasteiger partial charge is 0.290 e. The van der Waals surface area contributed by atoms with Crippen LogP contribution in [0.3, 0.4) is 0 Å². The molecule has 0 aromatic rings. The first kappa shape index (κ1) is 8.31. The maximum absolute atomic E-state index is 4.05. The number of hydrogen-bond donors (Lipinski definition) is 1. The number of fused-ring (bicyclic) bond motifs is 1. The molecule has 0 aromatic carbocycles. The van der Waals surface area contributed by atoms with Crippen LogP contribution in [0.15, 0.2) is 29.3 Å². The van der Waals surface area contributed by atoms with Crippen LogP contribution in [-0.2, 0) is 0 Å². The van der Waals surface area contributed by atoms with Crippen LogP contribution in [0, 0.1) is 0 Å². The summed E-state index contributed by atoms with van der Waals surface area (Å²) in [6.07, 6.45) is 7.54. The second-order valence-electron chi connectivity index (χ2n) is 4.14. The van der Waals surface area contributed by atoms with Gasteiger partial charge < -0.3 is 0 Å². The van der Waals surface area contributed by atoms with E-state index in [1.54, 1.807) is 6.20 Å². The first-order valence-electron chi connectivity index (χ1n) is 4.34. The highest BCUT2D eigenvalue weighted by Crippen LogP contribution is 2.20. The Morgan fingerprint density at radius 3 is 2.77 bits per heavy atom. The summed E-state index contributed by atoms with van der Waals surface area (Å²) >= 11 is 0. The van der Waals surface area contributed by atoms with E-state index in [0.717, 1.165) is 5.70 Å². The highest BCUT2D eigenvalue weighted by molar-refractivity contribution is 5.79. The minimum Gasteiger partial charge on any atom is -0.290 e. The maximum atomic E-state index is 4.05. The van der Waals surface area contributed by atoms with E-state index in [9.17, 15) is 0 Å². The van der Waals surface area contributed by atoms with Crippen LogP contribution in [-0.4, -0.2) is 21.8 Å². The van der Waals surface area contributed by atoms with Crippen molar-refractivity contribution >= 4 is 6.21 Å². The lowest BCUT2D eigenvalue weighted by Crippen LogP contribution is -2.47. The zero-order valence-corrected chi connectivity index (χ0v) is 8.15. The Labute approximate surface area is 78.2 Å². The number of rotatable bonds is 0. The molecule has 0 saturated heterocycles. The molecular weight excluding hydrogens is 164 g/mol. The Morgan fingerprint density at radius 2 is 2.15 bits per heavy atom. The van der Waals surface area contributed by atoms with Gasteiger partial charge in [-0.1, -0.05) is 0 Å². The van der Waals surface area contributed by atoms with Crippen LogP contribution in [0.1, 0.15) is 20.8 Å². The van der Waals surface area contributed by atoms with Crippen molar-refractivity contribution in [2.24, 2.45) is 4.99 Å². The molecule has 0 radical (unpaired) electrons. The molecule has 1 N–H and O–H groups in total. The summed E-state index contributed by atoms with van der Waals surface area (Å²) < 4.78 is 0. The van der Waals surface area contributed by atoms with E-state index in [1.807, 2.05) is 23.6 Å². The van der Waals surface area contributed by atoms with Crippen LogP contribution in [0.25, 0.3) is 0 Å². The van der Waals surface area contributed by atoms with Gasteiger partial charge in [0, 0.05) is 24.1 Å². The van der Waals surface area contributed by atoms with Gasteiger partial charge in [-0.15, -0.1) is 5.53 Å². The Hall–Kier alpha value is -1.29. The van der Waals surface area contributed by atoms with Crippen molar-refractivity contribution in [2.45, 2.75) is 26.3 Å². The second kappa shape index (κ2) is 2.60. The fourth-order valence-electron chi connectivity index (χ4n) is 1.18. The fourth-order valence-corrected chi connectivity index (χ4v) is 1.18. The van der Waals surface area contributed by atoms with E-state index in [1.165, 1.54) is 0 Å². The highest BCUT2D eigenvalue weighted by atomic mass is 15.8. The third-order valence-corrected chi connectivity index (χ3v) is 1.99. The third kappa shape index (κ3) is 1.45. The molecule has 0 atom stereocenters. The van der Waals surface area contributed by atoms with Crippen LogP contribution in [0.5, 0.6) is 0 Å². The van der Waals surface area contributed by atoms with Gasteiger partial charge in [-0.25, -0.2) is 0 Å². The van der Waals surface area contributed by atoms with Gasteiger partial charge in [0.1, 0.15) is 0 Å². The lowest BCUT2D eigenvalue weighted by Gasteiger charge is -2.32. The molecule has 70 valence electrons. The SMILES string of the molecule is CC(C)(C)N1C=C2C=NC=CN2N1. The Morgan fingerprint density at radius 1 is 1.38 bits per heavy atom. The molecule has 0 aromatic heterocycles. The summed E-state index contributed by atoms with van der Waals surface area (Å²) in [5.41, 5.74) is 4.37. The van der Waals surface area contributed by atoms with Crippen LogP contribution < -0.4 is 5.53 Å². The predicted molar refractivity (Wildman–Crippen MR) is 52.3 cm³/mol. The predicted octanol–water partition coefficient (Wildman–Crippen LogP) is 1.22. The quantitative estimate of drug-likeness (QED) is 0.605. The van der Waals surface area contributed by atoms with Gasteiger partial charge in [0.15, 0.2) is 0 Å². The van der Waals surface area contributed by atoms with Crippen molar-refractivity contribution in [3.63, 3.8) is 0 Å². The van der Waals surface area contributed by atoms with Crippen LogP contribution >= 0.6 is 0 Å². The maximum Gasteiger partial charge on any atom is 0.0946 e. The highest BCUT2D eigenvalue weighted by Gasteiger charge is 2.26. The molecule has 13 heavy (non-hydrogen) atoms. The van der Waals surface area contributed by atoms with E-state index in [0.29, 0.717) is 0 Å². The topological polar surface area (TPSA) is 30.9 Å². The number of allylic oxidation sites excluding steroid dienone is 1.